The molecule has 0 atom stereocenters. The van der Waals surface area contributed by atoms with Crippen LogP contribution in [0, 0.1) is 5.82 Å². The molecule has 0 saturated heterocycles. The molecule has 3 aromatic rings. The van der Waals surface area contributed by atoms with E-state index in [9.17, 15) is 14.0 Å². The number of hydrogen-bond acceptors (Lipinski definition) is 4. The number of carbonyl (C=O) groups excluding carboxylic acids is 1. The van der Waals surface area contributed by atoms with Crippen molar-refractivity contribution in [1.29, 1.82) is 0 Å². The minimum absolute atomic E-state index is 0.148. The molecule has 1 aromatic carbocycles. The van der Waals surface area contributed by atoms with E-state index in [-0.39, 0.29) is 11.1 Å². The van der Waals surface area contributed by atoms with Gasteiger partial charge in [-0.2, -0.15) is 5.10 Å². The third-order valence-corrected chi connectivity index (χ3v) is 4.40. The van der Waals surface area contributed by atoms with Gasteiger partial charge in [0.15, 0.2) is 5.69 Å². The Labute approximate surface area is 135 Å². The zero-order valence-electron chi connectivity index (χ0n) is 12.6. The van der Waals surface area contributed by atoms with Gasteiger partial charge in [-0.3, -0.25) is 14.3 Å². The second kappa shape index (κ2) is 5.92. The number of aromatic nitrogens is 2. The first-order valence-corrected chi connectivity index (χ1v) is 7.80. The normalized spacial score (nSPS) is 10.9. The summed E-state index contributed by atoms with van der Waals surface area (Å²) < 4.78 is 14.8. The fourth-order valence-corrected chi connectivity index (χ4v) is 3.14. The first-order chi connectivity index (χ1) is 11.0. The Bertz CT molecular complexity index is 934. The molecule has 1 amide bonds. The Morgan fingerprint density at radius 2 is 2.17 bits per heavy atom. The van der Waals surface area contributed by atoms with Crippen LogP contribution in [0.5, 0.6) is 0 Å². The molecule has 0 radical (unpaired) electrons. The molecule has 2 aromatic heterocycles. The molecule has 5 nitrogen and oxygen atoms in total. The van der Waals surface area contributed by atoms with Gasteiger partial charge in [-0.05, 0) is 29.6 Å². The average Bonchev–Trinajstić information content (AvgIpc) is 3.03. The standard InChI is InChI=1S/C16H14FN3O2S/c1-19(9-11-4-3-7-23-11)16(22)14-15(21)12-8-10(17)5-6-13(12)20(2)18-14/h3-8H,9H2,1-2H3. The van der Waals surface area contributed by atoms with E-state index in [1.165, 1.54) is 33.1 Å². The summed E-state index contributed by atoms with van der Waals surface area (Å²) in [7, 11) is 3.23. The van der Waals surface area contributed by atoms with Crippen LogP contribution in [0.2, 0.25) is 0 Å². The molecule has 7 heteroatoms. The Hall–Kier alpha value is -2.54. The number of rotatable bonds is 3. The predicted octanol–water partition coefficient (Wildman–Crippen LogP) is 2.41. The summed E-state index contributed by atoms with van der Waals surface area (Å²) in [6, 6.07) is 7.68. The third-order valence-electron chi connectivity index (χ3n) is 3.54. The lowest BCUT2D eigenvalue weighted by molar-refractivity contribution is 0.0777. The van der Waals surface area contributed by atoms with E-state index in [0.29, 0.717) is 12.1 Å². The molecular weight excluding hydrogens is 317 g/mol. The van der Waals surface area contributed by atoms with Gasteiger partial charge < -0.3 is 4.90 Å². The van der Waals surface area contributed by atoms with Gasteiger partial charge in [0.05, 0.1) is 17.4 Å². The molecule has 0 aliphatic carbocycles. The van der Waals surface area contributed by atoms with Crippen molar-refractivity contribution in [2.24, 2.45) is 7.05 Å². The molecule has 0 aliphatic heterocycles. The zero-order valence-corrected chi connectivity index (χ0v) is 13.4. The topological polar surface area (TPSA) is 55.2 Å². The van der Waals surface area contributed by atoms with Crippen LogP contribution in [-0.4, -0.2) is 27.6 Å². The second-order valence-corrected chi connectivity index (χ2v) is 6.24. The Morgan fingerprint density at radius 1 is 1.39 bits per heavy atom. The van der Waals surface area contributed by atoms with E-state index in [2.05, 4.69) is 5.10 Å². The summed E-state index contributed by atoms with van der Waals surface area (Å²) in [6.45, 7) is 0.391. The van der Waals surface area contributed by atoms with Crippen LogP contribution < -0.4 is 5.43 Å². The second-order valence-electron chi connectivity index (χ2n) is 5.20. The lowest BCUT2D eigenvalue weighted by Gasteiger charge is -2.16. The minimum Gasteiger partial charge on any atom is -0.335 e. The maximum Gasteiger partial charge on any atom is 0.278 e. The fourth-order valence-electron chi connectivity index (χ4n) is 2.38. The number of nitrogens with zero attached hydrogens (tertiary/aromatic N) is 3. The summed E-state index contributed by atoms with van der Waals surface area (Å²) in [6.07, 6.45) is 0. The Morgan fingerprint density at radius 3 is 2.87 bits per heavy atom. The number of halogens is 1. The van der Waals surface area contributed by atoms with Crippen molar-refractivity contribution >= 4 is 28.1 Å². The fraction of sp³-hybridized carbons (Fsp3) is 0.188. The molecule has 0 fully saturated rings. The summed E-state index contributed by atoms with van der Waals surface area (Å²) in [5, 5.41) is 6.14. The van der Waals surface area contributed by atoms with Crippen molar-refractivity contribution in [2.75, 3.05) is 7.05 Å². The number of hydrogen-bond donors (Lipinski definition) is 0. The van der Waals surface area contributed by atoms with Crippen molar-refractivity contribution in [3.63, 3.8) is 0 Å². The van der Waals surface area contributed by atoms with E-state index < -0.39 is 17.2 Å². The van der Waals surface area contributed by atoms with E-state index in [4.69, 9.17) is 0 Å². The summed E-state index contributed by atoms with van der Waals surface area (Å²) in [5.41, 5.74) is -0.279. The smallest absolute Gasteiger partial charge is 0.278 e. The molecule has 0 unspecified atom stereocenters. The van der Waals surface area contributed by atoms with E-state index >= 15 is 0 Å². The number of amides is 1. The molecule has 2 heterocycles. The molecule has 23 heavy (non-hydrogen) atoms. The van der Waals surface area contributed by atoms with E-state index in [0.717, 1.165) is 10.9 Å². The number of carbonyl (C=O) groups is 1. The van der Waals surface area contributed by atoms with Crippen LogP contribution in [-0.2, 0) is 13.6 Å². The van der Waals surface area contributed by atoms with Gasteiger partial charge in [0.25, 0.3) is 5.91 Å². The van der Waals surface area contributed by atoms with E-state index in [1.807, 2.05) is 17.5 Å². The highest BCUT2D eigenvalue weighted by Gasteiger charge is 2.20. The molecule has 118 valence electrons. The lowest BCUT2D eigenvalue weighted by atomic mass is 10.2. The van der Waals surface area contributed by atoms with E-state index in [1.54, 1.807) is 14.1 Å². The number of fused-ring (bicyclic) bond motifs is 1. The van der Waals surface area contributed by atoms with Crippen molar-refractivity contribution in [3.05, 3.63) is 62.3 Å². The van der Waals surface area contributed by atoms with Crippen LogP contribution >= 0.6 is 11.3 Å². The van der Waals surface area contributed by atoms with Crippen LogP contribution in [0.25, 0.3) is 10.9 Å². The first-order valence-electron chi connectivity index (χ1n) is 6.92. The molecule has 3 rings (SSSR count). The minimum atomic E-state index is -0.555. The first kappa shape index (κ1) is 15.4. The maximum atomic E-state index is 13.4. The van der Waals surface area contributed by atoms with Crippen molar-refractivity contribution in [2.45, 2.75) is 6.54 Å². The van der Waals surface area contributed by atoms with Crippen LogP contribution in [0.4, 0.5) is 4.39 Å². The van der Waals surface area contributed by atoms with Gasteiger partial charge in [0.2, 0.25) is 5.43 Å². The average molecular weight is 331 g/mol. The third kappa shape index (κ3) is 2.87. The SMILES string of the molecule is CN(Cc1cccs1)C(=O)c1nn(C)c2ccc(F)cc2c1=O. The van der Waals surface area contributed by atoms with Crippen molar-refractivity contribution in [3.8, 4) is 0 Å². The van der Waals surface area contributed by atoms with Crippen molar-refractivity contribution < 1.29 is 9.18 Å². The summed E-state index contributed by atoms with van der Waals surface area (Å²) in [4.78, 5) is 27.5. The highest BCUT2D eigenvalue weighted by Crippen LogP contribution is 2.14. The predicted molar refractivity (Wildman–Crippen MR) is 87.1 cm³/mol. The van der Waals surface area contributed by atoms with Gasteiger partial charge in [-0.15, -0.1) is 11.3 Å². The Kier molecular flexibility index (Phi) is 3.96. The highest BCUT2D eigenvalue weighted by molar-refractivity contribution is 7.09. The van der Waals surface area contributed by atoms with Gasteiger partial charge in [0.1, 0.15) is 5.82 Å². The molecule has 0 saturated carbocycles. The van der Waals surface area contributed by atoms with Gasteiger partial charge in [-0.1, -0.05) is 6.07 Å². The van der Waals surface area contributed by atoms with Crippen molar-refractivity contribution in [1.82, 2.24) is 14.7 Å². The van der Waals surface area contributed by atoms with Crippen LogP contribution in [0.15, 0.2) is 40.5 Å². The van der Waals surface area contributed by atoms with Gasteiger partial charge >= 0.3 is 0 Å². The molecule has 0 spiro atoms. The molecule has 0 aliphatic rings. The van der Waals surface area contributed by atoms with Gasteiger partial charge in [-0.25, -0.2) is 4.39 Å². The number of benzene rings is 1. The highest BCUT2D eigenvalue weighted by atomic mass is 32.1. The molecular formula is C16H14FN3O2S. The number of thiophene rings is 1. The monoisotopic (exact) mass is 331 g/mol. The summed E-state index contributed by atoms with van der Waals surface area (Å²) in [5.74, 6) is -1.00. The molecule has 0 N–H and O–H groups in total. The Balaban J connectivity index is 2.03. The summed E-state index contributed by atoms with van der Waals surface area (Å²) >= 11 is 1.53. The zero-order chi connectivity index (χ0) is 16.6. The number of aryl methyl sites for hydroxylation is 1. The maximum absolute atomic E-state index is 13.4. The lowest BCUT2D eigenvalue weighted by Crippen LogP contribution is -2.33. The molecule has 0 bridgehead atoms. The largest absolute Gasteiger partial charge is 0.335 e. The van der Waals surface area contributed by atoms with Crippen LogP contribution in [0.3, 0.4) is 0 Å². The quantitative estimate of drug-likeness (QED) is 0.740. The van der Waals surface area contributed by atoms with Gasteiger partial charge in [0, 0.05) is 19.0 Å². The van der Waals surface area contributed by atoms with Crippen LogP contribution in [0.1, 0.15) is 15.4 Å².